The SMILES string of the molecule is CC(C)CCn1nc(-c2cccs2)c(O)c(C2=NS(=O)(=O)c3cc(N(C(=O)OC(C)C)S(C)(=O)=O)ccc3N2)c1=O.CC(C)CCn1nc(-c2cccs2)c(O)c(C2=NS(=O)(=O)c3cc(NS(C)(=O)=O)ccc3N2)c1=O.CC(C)OC(=O)Cl. The number of aryl methyl sites for hydroxylation is 2. The van der Waals surface area contributed by atoms with Crippen molar-refractivity contribution >= 4 is 120 Å². The number of nitrogens with one attached hydrogen (secondary N) is 3. The van der Waals surface area contributed by atoms with Gasteiger partial charge in [0.05, 0.1) is 51.5 Å². The van der Waals surface area contributed by atoms with E-state index in [1.54, 1.807) is 48.9 Å². The van der Waals surface area contributed by atoms with Crippen LogP contribution in [0.3, 0.4) is 0 Å². The van der Waals surface area contributed by atoms with Crippen LogP contribution in [0.4, 0.5) is 32.3 Å². The van der Waals surface area contributed by atoms with Crippen LogP contribution in [0.1, 0.15) is 79.4 Å². The van der Waals surface area contributed by atoms with Gasteiger partial charge in [-0.25, -0.2) is 35.8 Å². The standard InChI is InChI=1S/C25H29N5O8S3.C21H23N5O6S3.C4H7ClO2/c1-14(2)10-11-29-24(32)20(22(31)21(27-29)18-7-6-12-39-18)23-26-17-9-8-16(13-19(17)41(36,37)28-23)30(40(5,34)35)25(33)38-15(3)4;1-12(2)8-9-26-21(28)17(19(27)18(23-26)15-5-4-10-33-15)20-22-14-7-6-13(24-34(3,29)30)11-16(14)35(31,32)25-20;1-3(2)7-4(5)6/h6-9,12-15,31H,10-11H2,1-5H3,(H,26,28);4-7,10-12,24,27H,8-9H2,1-3H3,(H,22,25);3H,1-2H3. The van der Waals surface area contributed by atoms with Crippen LogP contribution in [0.25, 0.3) is 21.1 Å². The van der Waals surface area contributed by atoms with Crippen molar-refractivity contribution in [1.29, 1.82) is 0 Å². The Balaban J connectivity index is 0.000000241. The molecule has 0 radical (unpaired) electrons. The van der Waals surface area contributed by atoms with Gasteiger partial charge in [0.2, 0.25) is 20.0 Å². The summed E-state index contributed by atoms with van der Waals surface area (Å²) in [5, 5.41) is 40.0. The molecule has 0 aliphatic carbocycles. The second-order valence-corrected chi connectivity index (χ2v) is 28.7. The number of hydrogen-bond acceptors (Lipinski definition) is 22. The number of amides is 1. The van der Waals surface area contributed by atoms with Crippen molar-refractivity contribution in [3.63, 3.8) is 0 Å². The highest BCUT2D eigenvalue weighted by Crippen LogP contribution is 2.38. The van der Waals surface area contributed by atoms with E-state index in [2.05, 4.69) is 39.1 Å². The molecule has 2 aliphatic rings. The maximum Gasteiger partial charge on any atom is 0.428 e. The van der Waals surface area contributed by atoms with Crippen molar-refractivity contribution in [3.05, 3.63) is 103 Å². The molecule has 448 valence electrons. The third kappa shape index (κ3) is 16.3. The van der Waals surface area contributed by atoms with Crippen LogP contribution < -0.4 is 30.8 Å². The van der Waals surface area contributed by atoms with Crippen molar-refractivity contribution < 1.29 is 62.9 Å². The maximum atomic E-state index is 13.5. The summed E-state index contributed by atoms with van der Waals surface area (Å²) in [6.45, 7) is 15.0. The van der Waals surface area contributed by atoms with Crippen molar-refractivity contribution in [2.24, 2.45) is 20.6 Å². The summed E-state index contributed by atoms with van der Waals surface area (Å²) in [5.74, 6) is -1.29. The molecular formula is C50H59ClN10O16S6. The quantitative estimate of drug-likeness (QED) is 0.0572. The number of nitrogens with zero attached hydrogens (tertiary/aromatic N) is 7. The predicted octanol–water partition coefficient (Wildman–Crippen LogP) is 8.02. The highest BCUT2D eigenvalue weighted by molar-refractivity contribution is 7.93. The molecule has 5 N–H and O–H groups in total. The van der Waals surface area contributed by atoms with Gasteiger partial charge in [0.25, 0.3) is 31.2 Å². The number of carbonyl (C=O) groups excluding carboxylic acids is 2. The Morgan fingerprint density at radius 2 is 1.12 bits per heavy atom. The summed E-state index contributed by atoms with van der Waals surface area (Å²) in [5.41, 5.74) is -2.87. The summed E-state index contributed by atoms with van der Waals surface area (Å²) >= 11 is 7.40. The first-order valence-electron chi connectivity index (χ1n) is 24.9. The molecule has 0 atom stereocenters. The Morgan fingerprint density at radius 1 is 0.687 bits per heavy atom. The molecule has 0 saturated heterocycles. The van der Waals surface area contributed by atoms with Crippen LogP contribution in [-0.4, -0.2) is 111 Å². The Kier molecular flexibility index (Phi) is 20.4. The fourth-order valence-electron chi connectivity index (χ4n) is 7.57. The summed E-state index contributed by atoms with van der Waals surface area (Å²) in [7, 11) is -16.7. The number of rotatable bonds is 16. The monoisotopic (exact) mass is 1280 g/mol. The Morgan fingerprint density at radius 3 is 1.48 bits per heavy atom. The third-order valence-electron chi connectivity index (χ3n) is 11.2. The molecule has 1 amide bonds. The number of benzene rings is 2. The number of ether oxygens (including phenoxy) is 2. The number of sulfonamides is 4. The van der Waals surface area contributed by atoms with Crippen molar-refractivity contribution in [2.75, 3.05) is 32.2 Å². The van der Waals surface area contributed by atoms with E-state index in [1.165, 1.54) is 70.2 Å². The molecule has 2 aromatic carbocycles. The molecule has 2 aliphatic heterocycles. The summed E-state index contributed by atoms with van der Waals surface area (Å²) in [6.07, 6.45) is 0.996. The van der Waals surface area contributed by atoms with Crippen LogP contribution in [0.15, 0.2) is 99.6 Å². The van der Waals surface area contributed by atoms with Crippen LogP contribution in [-0.2, 0) is 62.7 Å². The van der Waals surface area contributed by atoms with Gasteiger partial charge in [-0.2, -0.15) is 31.3 Å². The largest absolute Gasteiger partial charge is 0.505 e. The molecule has 0 spiro atoms. The second-order valence-electron chi connectivity index (χ2n) is 19.7. The lowest BCUT2D eigenvalue weighted by molar-refractivity contribution is 0.126. The molecule has 6 heterocycles. The number of aromatic hydroxyl groups is 2. The van der Waals surface area contributed by atoms with Crippen molar-refractivity contribution in [1.82, 2.24) is 19.6 Å². The normalized spacial score (nSPS) is 14.1. The fourth-order valence-corrected chi connectivity index (χ4v) is 12.8. The number of anilines is 4. The summed E-state index contributed by atoms with van der Waals surface area (Å²) < 4.78 is 122. The van der Waals surface area contributed by atoms with Gasteiger partial charge in [-0.1, -0.05) is 39.8 Å². The van der Waals surface area contributed by atoms with Gasteiger partial charge in [-0.15, -0.1) is 31.5 Å². The highest BCUT2D eigenvalue weighted by Gasteiger charge is 2.35. The van der Waals surface area contributed by atoms with Crippen LogP contribution in [0, 0.1) is 11.8 Å². The predicted molar refractivity (Wildman–Crippen MR) is 318 cm³/mol. The number of thiophene rings is 2. The fraction of sp³-hybridized carbons (Fsp3) is 0.360. The molecule has 0 bridgehead atoms. The van der Waals surface area contributed by atoms with Crippen LogP contribution in [0.5, 0.6) is 11.5 Å². The number of fused-ring (bicyclic) bond motifs is 2. The number of amidine groups is 2. The molecular weight excluding hydrogens is 1220 g/mol. The molecule has 83 heavy (non-hydrogen) atoms. The lowest BCUT2D eigenvalue weighted by Gasteiger charge is -2.24. The lowest BCUT2D eigenvalue weighted by atomic mass is 10.1. The minimum absolute atomic E-state index is 0.0399. The van der Waals surface area contributed by atoms with E-state index in [0.29, 0.717) is 26.9 Å². The zero-order valence-corrected chi connectivity index (χ0v) is 51.8. The molecule has 0 unspecified atom stereocenters. The van der Waals surface area contributed by atoms with Crippen LogP contribution in [0.2, 0.25) is 0 Å². The minimum atomic E-state index is -4.55. The zero-order chi connectivity index (χ0) is 61.7. The number of aromatic nitrogens is 4. The van der Waals surface area contributed by atoms with Crippen molar-refractivity contribution in [3.8, 4) is 32.6 Å². The molecule has 26 nitrogen and oxygen atoms in total. The van der Waals surface area contributed by atoms with Crippen LogP contribution >= 0.6 is 34.3 Å². The number of hydrogen-bond donors (Lipinski definition) is 5. The summed E-state index contributed by atoms with van der Waals surface area (Å²) in [6, 6.07) is 14.2. The van der Waals surface area contributed by atoms with E-state index >= 15 is 0 Å². The third-order valence-corrected chi connectivity index (χ3v) is 17.3. The zero-order valence-electron chi connectivity index (χ0n) is 46.1. The second kappa shape index (κ2) is 26.1. The molecule has 0 saturated carbocycles. The van der Waals surface area contributed by atoms with Gasteiger partial charge < -0.3 is 30.3 Å². The Bertz CT molecular complexity index is 4090. The van der Waals surface area contributed by atoms with E-state index in [1.807, 2.05) is 27.7 Å². The molecule has 6 aromatic rings. The molecule has 0 fully saturated rings. The lowest BCUT2D eigenvalue weighted by Crippen LogP contribution is -2.38. The maximum absolute atomic E-state index is 13.5. The van der Waals surface area contributed by atoms with E-state index in [0.717, 1.165) is 24.6 Å². The minimum Gasteiger partial charge on any atom is -0.505 e. The smallest absolute Gasteiger partial charge is 0.428 e. The van der Waals surface area contributed by atoms with Gasteiger partial charge >= 0.3 is 11.5 Å². The first-order chi connectivity index (χ1) is 38.6. The average Bonchev–Trinajstić information content (AvgIpc) is 2.29. The first kappa shape index (κ1) is 64.9. The number of carbonyl (C=O) groups is 2. The van der Waals surface area contributed by atoms with Gasteiger partial charge in [-0.05, 0) is 112 Å². The Labute approximate surface area is 491 Å². The molecule has 4 aromatic heterocycles. The topological polar surface area (TPSA) is 363 Å². The van der Waals surface area contributed by atoms with Gasteiger partial charge in [0.1, 0.15) is 32.3 Å². The first-order valence-corrected chi connectivity index (χ1v) is 33.7. The Hall–Kier alpha value is -7.23. The van der Waals surface area contributed by atoms with E-state index < -0.39 is 91.1 Å². The van der Waals surface area contributed by atoms with E-state index in [4.69, 9.17) is 16.3 Å². The molecule has 8 rings (SSSR count). The average molecular weight is 1280 g/mol. The molecule has 33 heteroatoms. The highest BCUT2D eigenvalue weighted by atomic mass is 35.5. The van der Waals surface area contributed by atoms with Gasteiger partial charge in [-0.3, -0.25) is 14.3 Å². The van der Waals surface area contributed by atoms with Gasteiger partial charge in [0.15, 0.2) is 23.2 Å². The van der Waals surface area contributed by atoms with Gasteiger partial charge in [0, 0.05) is 30.4 Å². The summed E-state index contributed by atoms with van der Waals surface area (Å²) in [4.78, 5) is 49.6. The number of halogens is 1. The van der Waals surface area contributed by atoms with E-state index in [9.17, 15) is 63.1 Å². The van der Waals surface area contributed by atoms with E-state index in [-0.39, 0.29) is 87.0 Å². The van der Waals surface area contributed by atoms with Crippen molar-refractivity contribution in [2.45, 2.75) is 103 Å².